The number of nitrogens with one attached hydrogen (secondary N) is 2. The van der Waals surface area contributed by atoms with Gasteiger partial charge in [-0.2, -0.15) is 4.31 Å². The summed E-state index contributed by atoms with van der Waals surface area (Å²) in [7, 11) is -3.52. The lowest BCUT2D eigenvalue weighted by Crippen LogP contribution is -2.50. The first kappa shape index (κ1) is 23.6. The summed E-state index contributed by atoms with van der Waals surface area (Å²) in [4.78, 5) is 43.2. The quantitative estimate of drug-likeness (QED) is 0.448. The number of sulfonamides is 1. The van der Waals surface area contributed by atoms with E-state index in [1.807, 2.05) is 23.1 Å². The molecular formula is C22H26N6O5S. The second-order valence-electron chi connectivity index (χ2n) is 7.93. The van der Waals surface area contributed by atoms with Gasteiger partial charge < -0.3 is 10.2 Å². The van der Waals surface area contributed by atoms with Gasteiger partial charge in [-0.1, -0.05) is 18.2 Å². The Morgan fingerprint density at radius 1 is 1.00 bits per heavy atom. The SMILES string of the molecule is O=C(CCn1[nH]c(=O)c2ccccc2c1=O)NCCS(=O)(=O)N1CCN(c2ccccn2)CC1. The number of amides is 1. The fourth-order valence-corrected chi connectivity index (χ4v) is 5.23. The summed E-state index contributed by atoms with van der Waals surface area (Å²) in [6.45, 7) is 1.73. The number of fused-ring (bicyclic) bond motifs is 1. The Morgan fingerprint density at radius 2 is 1.71 bits per heavy atom. The van der Waals surface area contributed by atoms with Gasteiger partial charge in [0.15, 0.2) is 0 Å². The zero-order chi connectivity index (χ0) is 24.1. The number of hydrogen-bond acceptors (Lipinski definition) is 7. The molecule has 1 aromatic carbocycles. The van der Waals surface area contributed by atoms with Crippen molar-refractivity contribution in [1.82, 2.24) is 24.4 Å². The third kappa shape index (κ3) is 5.34. The molecule has 3 heterocycles. The molecule has 0 unspecified atom stereocenters. The van der Waals surface area contributed by atoms with Gasteiger partial charge in [0, 0.05) is 45.3 Å². The third-order valence-electron chi connectivity index (χ3n) is 5.73. The number of carbonyl (C=O) groups excluding carboxylic acids is 1. The van der Waals surface area contributed by atoms with Crippen LogP contribution in [0.1, 0.15) is 6.42 Å². The van der Waals surface area contributed by atoms with Crippen molar-refractivity contribution in [3.05, 3.63) is 69.4 Å². The number of benzene rings is 1. The molecule has 34 heavy (non-hydrogen) atoms. The molecule has 1 aliphatic rings. The number of aromatic amines is 1. The smallest absolute Gasteiger partial charge is 0.273 e. The normalized spacial score (nSPS) is 14.9. The zero-order valence-corrected chi connectivity index (χ0v) is 19.3. The molecule has 0 saturated carbocycles. The monoisotopic (exact) mass is 486 g/mol. The number of aryl methyl sites for hydroxylation is 1. The van der Waals surface area contributed by atoms with E-state index in [0.29, 0.717) is 31.6 Å². The molecular weight excluding hydrogens is 460 g/mol. The Morgan fingerprint density at radius 3 is 2.41 bits per heavy atom. The third-order valence-corrected chi connectivity index (χ3v) is 7.61. The standard InChI is InChI=1S/C22H26N6O5S/c29-20(8-11-28-22(31)18-6-2-1-5-17(18)21(30)25-28)24-10-16-34(32,33)27-14-12-26(13-15-27)19-7-3-4-9-23-19/h1-7,9H,8,10-16H2,(H,24,29)(H,25,30). The number of aromatic nitrogens is 3. The van der Waals surface area contributed by atoms with E-state index in [2.05, 4.69) is 15.4 Å². The molecule has 1 amide bonds. The van der Waals surface area contributed by atoms with E-state index in [1.165, 1.54) is 4.31 Å². The van der Waals surface area contributed by atoms with Gasteiger partial charge in [0.1, 0.15) is 5.82 Å². The average molecular weight is 487 g/mol. The molecule has 2 aromatic heterocycles. The van der Waals surface area contributed by atoms with Crippen LogP contribution in [0.15, 0.2) is 58.3 Å². The maximum Gasteiger partial charge on any atom is 0.273 e. The number of pyridine rings is 1. The van der Waals surface area contributed by atoms with Crippen molar-refractivity contribution >= 4 is 32.5 Å². The van der Waals surface area contributed by atoms with E-state index in [-0.39, 0.29) is 30.6 Å². The van der Waals surface area contributed by atoms with Crippen LogP contribution in [-0.2, 0) is 21.4 Å². The van der Waals surface area contributed by atoms with Crippen LogP contribution in [0.5, 0.6) is 0 Å². The van der Waals surface area contributed by atoms with E-state index in [4.69, 9.17) is 0 Å². The van der Waals surface area contributed by atoms with Crippen molar-refractivity contribution in [3.8, 4) is 0 Å². The number of piperazine rings is 1. The van der Waals surface area contributed by atoms with E-state index < -0.39 is 27.0 Å². The summed E-state index contributed by atoms with van der Waals surface area (Å²) >= 11 is 0. The predicted octanol–water partition coefficient (Wildman–Crippen LogP) is -0.257. The van der Waals surface area contributed by atoms with E-state index in [9.17, 15) is 22.8 Å². The largest absolute Gasteiger partial charge is 0.355 e. The van der Waals surface area contributed by atoms with E-state index in [1.54, 1.807) is 30.5 Å². The minimum Gasteiger partial charge on any atom is -0.355 e. The molecule has 1 fully saturated rings. The highest BCUT2D eigenvalue weighted by Gasteiger charge is 2.27. The highest BCUT2D eigenvalue weighted by molar-refractivity contribution is 7.89. The first-order chi connectivity index (χ1) is 16.3. The van der Waals surface area contributed by atoms with E-state index >= 15 is 0 Å². The van der Waals surface area contributed by atoms with E-state index in [0.717, 1.165) is 10.5 Å². The number of rotatable bonds is 8. The Labute approximate surface area is 196 Å². The van der Waals surface area contributed by atoms with Crippen molar-refractivity contribution in [1.29, 1.82) is 0 Å². The van der Waals surface area contributed by atoms with Crippen LogP contribution >= 0.6 is 0 Å². The van der Waals surface area contributed by atoms with Crippen molar-refractivity contribution in [2.45, 2.75) is 13.0 Å². The second-order valence-corrected chi connectivity index (χ2v) is 10.0. The topological polar surface area (TPSA) is 137 Å². The first-order valence-electron chi connectivity index (χ1n) is 11.0. The van der Waals surface area contributed by atoms with Gasteiger partial charge >= 0.3 is 0 Å². The summed E-state index contributed by atoms with van der Waals surface area (Å²) in [5, 5.41) is 5.62. The molecule has 11 nitrogen and oxygen atoms in total. The summed E-state index contributed by atoms with van der Waals surface area (Å²) < 4.78 is 27.8. The highest BCUT2D eigenvalue weighted by Crippen LogP contribution is 2.14. The maximum atomic E-state index is 12.7. The lowest BCUT2D eigenvalue weighted by molar-refractivity contribution is -0.121. The van der Waals surface area contributed by atoms with Gasteiger partial charge in [-0.3, -0.25) is 19.5 Å². The maximum absolute atomic E-state index is 12.7. The number of nitrogens with zero attached hydrogens (tertiary/aromatic N) is 4. The van der Waals surface area contributed by atoms with Crippen LogP contribution < -0.4 is 21.3 Å². The molecule has 0 spiro atoms. The van der Waals surface area contributed by atoms with Crippen LogP contribution in [0.2, 0.25) is 0 Å². The molecule has 4 rings (SSSR count). The highest BCUT2D eigenvalue weighted by atomic mass is 32.2. The number of hydrogen-bond donors (Lipinski definition) is 2. The summed E-state index contributed by atoms with van der Waals surface area (Å²) in [6, 6.07) is 12.1. The lowest BCUT2D eigenvalue weighted by Gasteiger charge is -2.34. The molecule has 1 aliphatic heterocycles. The minimum atomic E-state index is -3.52. The van der Waals surface area contributed by atoms with Gasteiger partial charge in [0.2, 0.25) is 15.9 Å². The van der Waals surface area contributed by atoms with Crippen LogP contribution in [0.3, 0.4) is 0 Å². The number of H-pyrrole nitrogens is 1. The van der Waals surface area contributed by atoms with Crippen LogP contribution in [0.4, 0.5) is 5.82 Å². The van der Waals surface area contributed by atoms with Gasteiger partial charge in [-0.25, -0.2) is 18.1 Å². The summed E-state index contributed by atoms with van der Waals surface area (Å²) in [6.07, 6.45) is 1.63. The van der Waals surface area contributed by atoms with Crippen molar-refractivity contribution in [2.24, 2.45) is 0 Å². The number of carbonyl (C=O) groups is 1. The van der Waals surface area contributed by atoms with Gasteiger partial charge in [-0.05, 0) is 24.3 Å². The zero-order valence-electron chi connectivity index (χ0n) is 18.5. The summed E-state index contributed by atoms with van der Waals surface area (Å²) in [5.41, 5.74) is -0.805. The van der Waals surface area contributed by atoms with Gasteiger partial charge in [0.05, 0.1) is 23.1 Å². The Kier molecular flexibility index (Phi) is 7.08. The average Bonchev–Trinajstić information content (AvgIpc) is 2.86. The molecule has 0 aliphatic carbocycles. The van der Waals surface area contributed by atoms with Crippen LogP contribution in [0, 0.1) is 0 Å². The summed E-state index contributed by atoms with van der Waals surface area (Å²) in [5.74, 6) is 0.199. The Bertz CT molecular complexity index is 1380. The van der Waals surface area contributed by atoms with Crippen LogP contribution in [0.25, 0.3) is 10.8 Å². The van der Waals surface area contributed by atoms with Crippen molar-refractivity contribution in [3.63, 3.8) is 0 Å². The molecule has 1 saturated heterocycles. The van der Waals surface area contributed by atoms with Crippen molar-refractivity contribution in [2.75, 3.05) is 43.4 Å². The molecule has 180 valence electrons. The van der Waals surface area contributed by atoms with Gasteiger partial charge in [0.25, 0.3) is 11.1 Å². The molecule has 3 aromatic rings. The van der Waals surface area contributed by atoms with Gasteiger partial charge in [-0.15, -0.1) is 0 Å². The first-order valence-corrected chi connectivity index (χ1v) is 12.6. The molecule has 0 radical (unpaired) electrons. The Balaban J connectivity index is 1.25. The minimum absolute atomic E-state index is 0.0209. The predicted molar refractivity (Wildman–Crippen MR) is 128 cm³/mol. The second kappa shape index (κ2) is 10.2. The molecule has 0 atom stereocenters. The molecule has 0 bridgehead atoms. The van der Waals surface area contributed by atoms with Crippen molar-refractivity contribution < 1.29 is 13.2 Å². The fourth-order valence-electron chi connectivity index (χ4n) is 3.89. The fraction of sp³-hybridized carbons (Fsp3) is 0.364. The number of anilines is 1. The molecule has 2 N–H and O–H groups in total. The molecule has 12 heteroatoms. The Hall–Kier alpha value is -3.51. The lowest BCUT2D eigenvalue weighted by atomic mass is 10.2. The van der Waals surface area contributed by atoms with Crippen LogP contribution in [-0.4, -0.2) is 71.9 Å².